The molecule has 4 nitrogen and oxygen atoms in total. The Labute approximate surface area is 132 Å². The number of hydrogen-bond donors (Lipinski definition) is 2. The second-order valence-corrected chi connectivity index (χ2v) is 5.46. The molecule has 0 saturated heterocycles. The van der Waals surface area contributed by atoms with Gasteiger partial charge in [0.1, 0.15) is 5.75 Å². The van der Waals surface area contributed by atoms with Crippen molar-refractivity contribution in [2.24, 2.45) is 11.7 Å². The third kappa shape index (κ3) is 5.56. The van der Waals surface area contributed by atoms with Crippen molar-refractivity contribution in [2.45, 2.75) is 38.6 Å². The molecule has 1 aliphatic carbocycles. The van der Waals surface area contributed by atoms with Crippen LogP contribution in [0.5, 0.6) is 5.75 Å². The Morgan fingerprint density at radius 2 is 2.05 bits per heavy atom. The number of hydrogen-bond acceptors (Lipinski definition) is 3. The van der Waals surface area contributed by atoms with Crippen molar-refractivity contribution < 1.29 is 9.53 Å². The second kappa shape index (κ2) is 8.90. The Morgan fingerprint density at radius 1 is 1.33 bits per heavy atom. The van der Waals surface area contributed by atoms with Crippen molar-refractivity contribution in [1.29, 1.82) is 0 Å². The monoisotopic (exact) mass is 312 g/mol. The fraction of sp³-hybridized carbons (Fsp3) is 0.562. The molecule has 1 amide bonds. The van der Waals surface area contributed by atoms with E-state index in [0.717, 1.165) is 31.6 Å². The van der Waals surface area contributed by atoms with Crippen molar-refractivity contribution >= 4 is 18.3 Å². The average Bonchev–Trinajstić information content (AvgIpc) is 2.46. The molecule has 1 aromatic rings. The van der Waals surface area contributed by atoms with E-state index < -0.39 is 0 Å². The smallest absolute Gasteiger partial charge is 0.251 e. The molecule has 5 heteroatoms. The highest BCUT2D eigenvalue weighted by Crippen LogP contribution is 2.22. The largest absolute Gasteiger partial charge is 0.494 e. The van der Waals surface area contributed by atoms with Gasteiger partial charge in [0.2, 0.25) is 0 Å². The lowest BCUT2D eigenvalue weighted by Crippen LogP contribution is -2.35. The fourth-order valence-electron chi connectivity index (χ4n) is 2.73. The molecule has 21 heavy (non-hydrogen) atoms. The fourth-order valence-corrected chi connectivity index (χ4v) is 2.73. The number of ether oxygens (including phenoxy) is 1. The summed E-state index contributed by atoms with van der Waals surface area (Å²) in [5, 5.41) is 3.01. The van der Waals surface area contributed by atoms with Gasteiger partial charge in [0.05, 0.1) is 6.61 Å². The molecule has 2 rings (SSSR count). The van der Waals surface area contributed by atoms with Crippen LogP contribution in [0.25, 0.3) is 0 Å². The standard InChI is InChI=1S/C16H24N2O2.ClH/c1-2-20-15-8-6-13(7-9-15)16(19)18-11-12-4-3-5-14(17)10-12;/h6-9,12,14H,2-5,10-11,17H2,1H3,(H,18,19);1H. The molecule has 2 unspecified atom stereocenters. The molecular weight excluding hydrogens is 288 g/mol. The van der Waals surface area contributed by atoms with Gasteiger partial charge in [-0.3, -0.25) is 4.79 Å². The van der Waals surface area contributed by atoms with Crippen LogP contribution in [0.3, 0.4) is 0 Å². The van der Waals surface area contributed by atoms with Crippen molar-refractivity contribution in [2.75, 3.05) is 13.2 Å². The molecule has 0 aliphatic heterocycles. The van der Waals surface area contributed by atoms with Crippen LogP contribution in [0.15, 0.2) is 24.3 Å². The number of halogens is 1. The van der Waals surface area contributed by atoms with E-state index in [1.54, 1.807) is 12.1 Å². The van der Waals surface area contributed by atoms with Gasteiger partial charge in [0.25, 0.3) is 5.91 Å². The molecule has 0 bridgehead atoms. The first kappa shape index (κ1) is 17.8. The van der Waals surface area contributed by atoms with E-state index >= 15 is 0 Å². The van der Waals surface area contributed by atoms with Gasteiger partial charge in [-0.15, -0.1) is 12.4 Å². The molecule has 1 aromatic carbocycles. The van der Waals surface area contributed by atoms with Gasteiger partial charge in [-0.25, -0.2) is 0 Å². The van der Waals surface area contributed by atoms with Crippen molar-refractivity contribution in [3.63, 3.8) is 0 Å². The number of carbonyl (C=O) groups excluding carboxylic acids is 1. The zero-order chi connectivity index (χ0) is 14.4. The van der Waals surface area contributed by atoms with E-state index in [9.17, 15) is 4.79 Å². The van der Waals surface area contributed by atoms with Gasteiger partial charge < -0.3 is 15.8 Å². The summed E-state index contributed by atoms with van der Waals surface area (Å²) in [7, 11) is 0. The first-order chi connectivity index (χ1) is 9.69. The molecular formula is C16H25ClN2O2. The van der Waals surface area contributed by atoms with E-state index in [0.29, 0.717) is 24.1 Å². The minimum atomic E-state index is -0.0211. The average molecular weight is 313 g/mol. The van der Waals surface area contributed by atoms with Crippen molar-refractivity contribution in [3.8, 4) is 5.75 Å². The summed E-state index contributed by atoms with van der Waals surface area (Å²) in [5.41, 5.74) is 6.64. The number of benzene rings is 1. The van der Waals surface area contributed by atoms with Crippen LogP contribution < -0.4 is 15.8 Å². The topological polar surface area (TPSA) is 64.3 Å². The molecule has 3 N–H and O–H groups in total. The number of nitrogens with two attached hydrogens (primary N) is 1. The lowest BCUT2D eigenvalue weighted by Gasteiger charge is -2.26. The molecule has 0 spiro atoms. The van der Waals surface area contributed by atoms with E-state index in [1.165, 1.54) is 6.42 Å². The first-order valence-electron chi connectivity index (χ1n) is 7.45. The van der Waals surface area contributed by atoms with Crippen LogP contribution in [0, 0.1) is 5.92 Å². The third-order valence-electron chi connectivity index (χ3n) is 3.80. The van der Waals surface area contributed by atoms with Gasteiger partial charge in [-0.2, -0.15) is 0 Å². The van der Waals surface area contributed by atoms with Gasteiger partial charge in [0.15, 0.2) is 0 Å². The molecule has 0 heterocycles. The molecule has 0 radical (unpaired) electrons. The summed E-state index contributed by atoms with van der Waals surface area (Å²) in [6.07, 6.45) is 4.47. The van der Waals surface area contributed by atoms with Gasteiger partial charge in [0, 0.05) is 18.2 Å². The zero-order valence-electron chi connectivity index (χ0n) is 12.5. The van der Waals surface area contributed by atoms with E-state index in [-0.39, 0.29) is 18.3 Å². The Hall–Kier alpha value is -1.26. The maximum absolute atomic E-state index is 12.1. The van der Waals surface area contributed by atoms with E-state index in [4.69, 9.17) is 10.5 Å². The second-order valence-electron chi connectivity index (χ2n) is 5.46. The Morgan fingerprint density at radius 3 is 2.67 bits per heavy atom. The summed E-state index contributed by atoms with van der Waals surface area (Å²) in [6.45, 7) is 3.29. The van der Waals surface area contributed by atoms with Crippen LogP contribution in [0.4, 0.5) is 0 Å². The Bertz CT molecular complexity index is 436. The Balaban J connectivity index is 0.00000220. The van der Waals surface area contributed by atoms with Crippen LogP contribution in [0.1, 0.15) is 43.0 Å². The third-order valence-corrected chi connectivity index (χ3v) is 3.80. The number of amides is 1. The van der Waals surface area contributed by atoms with Crippen molar-refractivity contribution in [1.82, 2.24) is 5.32 Å². The van der Waals surface area contributed by atoms with E-state index in [1.807, 2.05) is 19.1 Å². The highest BCUT2D eigenvalue weighted by molar-refractivity contribution is 5.94. The molecule has 2 atom stereocenters. The van der Waals surface area contributed by atoms with Crippen LogP contribution in [-0.4, -0.2) is 25.1 Å². The highest BCUT2D eigenvalue weighted by atomic mass is 35.5. The zero-order valence-corrected chi connectivity index (χ0v) is 13.3. The van der Waals surface area contributed by atoms with Crippen LogP contribution in [0.2, 0.25) is 0 Å². The normalized spacial score (nSPS) is 21.2. The number of carbonyl (C=O) groups is 1. The highest BCUT2D eigenvalue weighted by Gasteiger charge is 2.19. The maximum atomic E-state index is 12.1. The predicted octanol–water partition coefficient (Wildman–Crippen LogP) is 2.75. The van der Waals surface area contributed by atoms with E-state index in [2.05, 4.69) is 5.32 Å². The van der Waals surface area contributed by atoms with Gasteiger partial charge in [-0.1, -0.05) is 6.42 Å². The van der Waals surface area contributed by atoms with Crippen LogP contribution >= 0.6 is 12.4 Å². The first-order valence-corrected chi connectivity index (χ1v) is 7.45. The van der Waals surface area contributed by atoms with Crippen LogP contribution in [-0.2, 0) is 0 Å². The quantitative estimate of drug-likeness (QED) is 0.878. The molecule has 1 saturated carbocycles. The molecule has 1 fully saturated rings. The summed E-state index contributed by atoms with van der Waals surface area (Å²) >= 11 is 0. The number of nitrogens with one attached hydrogen (secondary N) is 1. The lowest BCUT2D eigenvalue weighted by atomic mass is 9.86. The summed E-state index contributed by atoms with van der Waals surface area (Å²) in [5.74, 6) is 1.29. The minimum absolute atomic E-state index is 0. The molecule has 118 valence electrons. The summed E-state index contributed by atoms with van der Waals surface area (Å²) in [6, 6.07) is 7.56. The number of rotatable bonds is 5. The van der Waals surface area contributed by atoms with Gasteiger partial charge in [-0.05, 0) is 56.4 Å². The van der Waals surface area contributed by atoms with Gasteiger partial charge >= 0.3 is 0 Å². The lowest BCUT2D eigenvalue weighted by molar-refractivity contribution is 0.0942. The summed E-state index contributed by atoms with van der Waals surface area (Å²) in [4.78, 5) is 12.1. The predicted molar refractivity (Wildman–Crippen MR) is 87.1 cm³/mol. The van der Waals surface area contributed by atoms with Crippen molar-refractivity contribution in [3.05, 3.63) is 29.8 Å². The molecule has 1 aliphatic rings. The SMILES string of the molecule is CCOc1ccc(C(=O)NCC2CCCC(N)C2)cc1.Cl. The Kier molecular flexibility index (Phi) is 7.54. The molecule has 0 aromatic heterocycles. The summed E-state index contributed by atoms with van der Waals surface area (Å²) < 4.78 is 5.36. The maximum Gasteiger partial charge on any atom is 0.251 e. The minimum Gasteiger partial charge on any atom is -0.494 e.